The SMILES string of the molecule is COc1ccc(S(=O)(=O)C2CN(C(=O)COc3cccc(C)c3)C2)cc1. The van der Waals surface area contributed by atoms with Crippen molar-refractivity contribution in [1.29, 1.82) is 0 Å². The molecule has 0 spiro atoms. The summed E-state index contributed by atoms with van der Waals surface area (Å²) in [4.78, 5) is 13.9. The van der Waals surface area contributed by atoms with Crippen molar-refractivity contribution in [3.8, 4) is 11.5 Å². The van der Waals surface area contributed by atoms with Crippen LogP contribution in [0.15, 0.2) is 53.4 Å². The topological polar surface area (TPSA) is 72.9 Å². The van der Waals surface area contributed by atoms with Crippen molar-refractivity contribution in [2.45, 2.75) is 17.1 Å². The Kier molecular flexibility index (Phi) is 5.18. The molecule has 0 N–H and O–H groups in total. The lowest BCUT2D eigenvalue weighted by Crippen LogP contribution is -2.57. The number of ether oxygens (including phenoxy) is 2. The number of sulfone groups is 1. The third kappa shape index (κ3) is 3.83. The average Bonchev–Trinajstić information content (AvgIpc) is 2.58. The predicted octanol–water partition coefficient (Wildman–Crippen LogP) is 2.07. The molecule has 1 aliphatic rings. The highest BCUT2D eigenvalue weighted by atomic mass is 32.2. The molecular formula is C19H21NO5S. The molecule has 1 heterocycles. The van der Waals surface area contributed by atoms with Gasteiger partial charge in [-0.05, 0) is 48.9 Å². The molecule has 7 heteroatoms. The molecule has 3 rings (SSSR count). The Morgan fingerprint density at radius 3 is 2.42 bits per heavy atom. The van der Waals surface area contributed by atoms with Crippen molar-refractivity contribution in [2.75, 3.05) is 26.8 Å². The summed E-state index contributed by atoms with van der Waals surface area (Å²) < 4.78 is 35.7. The molecule has 0 aromatic heterocycles. The maximum absolute atomic E-state index is 12.6. The second-order valence-electron chi connectivity index (χ2n) is 6.25. The Labute approximate surface area is 153 Å². The summed E-state index contributed by atoms with van der Waals surface area (Å²) >= 11 is 0. The molecule has 1 aliphatic heterocycles. The van der Waals surface area contributed by atoms with Crippen LogP contribution < -0.4 is 9.47 Å². The molecule has 0 atom stereocenters. The van der Waals surface area contributed by atoms with E-state index >= 15 is 0 Å². The van der Waals surface area contributed by atoms with Gasteiger partial charge in [-0.3, -0.25) is 4.79 Å². The average molecular weight is 375 g/mol. The van der Waals surface area contributed by atoms with Crippen LogP contribution in [0, 0.1) is 6.92 Å². The summed E-state index contributed by atoms with van der Waals surface area (Å²) in [6.45, 7) is 2.21. The van der Waals surface area contributed by atoms with Gasteiger partial charge in [0.2, 0.25) is 0 Å². The predicted molar refractivity (Wildman–Crippen MR) is 97.2 cm³/mol. The molecule has 0 saturated carbocycles. The van der Waals surface area contributed by atoms with Crippen molar-refractivity contribution in [1.82, 2.24) is 4.90 Å². The third-order valence-corrected chi connectivity index (χ3v) is 6.48. The minimum absolute atomic E-state index is 0.0985. The van der Waals surface area contributed by atoms with Crippen LogP contribution in [0.1, 0.15) is 5.56 Å². The molecule has 26 heavy (non-hydrogen) atoms. The quantitative estimate of drug-likeness (QED) is 0.773. The first-order valence-electron chi connectivity index (χ1n) is 8.25. The molecular weight excluding hydrogens is 354 g/mol. The molecule has 1 fully saturated rings. The Hall–Kier alpha value is -2.54. The number of benzene rings is 2. The van der Waals surface area contributed by atoms with Crippen LogP contribution in [0.4, 0.5) is 0 Å². The van der Waals surface area contributed by atoms with Gasteiger partial charge in [-0.25, -0.2) is 8.42 Å². The number of aryl methyl sites for hydroxylation is 1. The molecule has 138 valence electrons. The second kappa shape index (κ2) is 7.37. The minimum atomic E-state index is -3.46. The number of nitrogens with zero attached hydrogens (tertiary/aromatic N) is 1. The molecule has 2 aromatic carbocycles. The van der Waals surface area contributed by atoms with Crippen LogP contribution in [0.2, 0.25) is 0 Å². The lowest BCUT2D eigenvalue weighted by Gasteiger charge is -2.38. The summed E-state index contributed by atoms with van der Waals surface area (Å²) in [5.74, 6) is 1.01. The molecule has 1 amide bonds. The van der Waals surface area contributed by atoms with Gasteiger partial charge in [0.1, 0.15) is 16.7 Å². The lowest BCUT2D eigenvalue weighted by molar-refractivity contribution is -0.136. The standard InChI is InChI=1S/C19H21NO5S/c1-14-4-3-5-16(10-14)25-13-19(21)20-11-18(12-20)26(22,23)17-8-6-15(24-2)7-9-17/h3-10,18H,11-13H2,1-2H3. The Bertz CT molecular complexity index is 886. The van der Waals surface area contributed by atoms with E-state index < -0.39 is 15.1 Å². The Morgan fingerprint density at radius 1 is 1.12 bits per heavy atom. The van der Waals surface area contributed by atoms with E-state index in [1.165, 1.54) is 24.1 Å². The van der Waals surface area contributed by atoms with Gasteiger partial charge in [0.05, 0.1) is 12.0 Å². The van der Waals surface area contributed by atoms with E-state index in [4.69, 9.17) is 9.47 Å². The van der Waals surface area contributed by atoms with Gasteiger partial charge in [0, 0.05) is 13.1 Å². The number of likely N-dealkylation sites (tertiary alicyclic amines) is 1. The fourth-order valence-electron chi connectivity index (χ4n) is 2.74. The van der Waals surface area contributed by atoms with Crippen molar-refractivity contribution >= 4 is 15.7 Å². The number of hydrogen-bond acceptors (Lipinski definition) is 5. The van der Waals surface area contributed by atoms with E-state index in [9.17, 15) is 13.2 Å². The fraction of sp³-hybridized carbons (Fsp3) is 0.316. The maximum Gasteiger partial charge on any atom is 0.260 e. The van der Waals surface area contributed by atoms with Crippen LogP contribution >= 0.6 is 0 Å². The van der Waals surface area contributed by atoms with E-state index in [1.807, 2.05) is 25.1 Å². The molecule has 0 bridgehead atoms. The van der Waals surface area contributed by atoms with Gasteiger partial charge < -0.3 is 14.4 Å². The molecule has 2 aromatic rings. The third-order valence-electron chi connectivity index (χ3n) is 4.38. The highest BCUT2D eigenvalue weighted by Gasteiger charge is 2.40. The van der Waals surface area contributed by atoms with Crippen LogP contribution in [0.3, 0.4) is 0 Å². The highest BCUT2D eigenvalue weighted by Crippen LogP contribution is 2.25. The van der Waals surface area contributed by atoms with E-state index in [0.29, 0.717) is 11.5 Å². The summed E-state index contributed by atoms with van der Waals surface area (Å²) in [7, 11) is -1.93. The first-order valence-corrected chi connectivity index (χ1v) is 9.80. The molecule has 0 unspecified atom stereocenters. The number of carbonyl (C=O) groups is 1. The number of hydrogen-bond donors (Lipinski definition) is 0. The highest BCUT2D eigenvalue weighted by molar-refractivity contribution is 7.92. The Balaban J connectivity index is 1.54. The largest absolute Gasteiger partial charge is 0.497 e. The van der Waals surface area contributed by atoms with Crippen LogP contribution in [0.25, 0.3) is 0 Å². The molecule has 1 saturated heterocycles. The van der Waals surface area contributed by atoms with E-state index in [-0.39, 0.29) is 30.5 Å². The zero-order valence-corrected chi connectivity index (χ0v) is 15.5. The van der Waals surface area contributed by atoms with Gasteiger partial charge in [0.25, 0.3) is 5.91 Å². The zero-order chi connectivity index (χ0) is 18.7. The smallest absolute Gasteiger partial charge is 0.260 e. The van der Waals surface area contributed by atoms with Crippen molar-refractivity contribution in [2.24, 2.45) is 0 Å². The first-order chi connectivity index (χ1) is 12.4. The second-order valence-corrected chi connectivity index (χ2v) is 8.47. The molecule has 6 nitrogen and oxygen atoms in total. The maximum atomic E-state index is 12.6. The number of rotatable bonds is 6. The molecule has 0 radical (unpaired) electrons. The summed E-state index contributed by atoms with van der Waals surface area (Å²) in [5.41, 5.74) is 1.05. The van der Waals surface area contributed by atoms with Gasteiger partial charge in [0.15, 0.2) is 16.4 Å². The summed E-state index contributed by atoms with van der Waals surface area (Å²) in [6, 6.07) is 13.7. The van der Waals surface area contributed by atoms with Crippen molar-refractivity contribution in [3.63, 3.8) is 0 Å². The fourth-order valence-corrected chi connectivity index (χ4v) is 4.39. The van der Waals surface area contributed by atoms with Crippen LogP contribution in [-0.4, -0.2) is 51.3 Å². The lowest BCUT2D eigenvalue weighted by atomic mass is 10.2. The Morgan fingerprint density at radius 2 is 1.81 bits per heavy atom. The summed E-state index contributed by atoms with van der Waals surface area (Å²) in [5, 5.41) is -0.584. The van der Waals surface area contributed by atoms with Gasteiger partial charge in [-0.2, -0.15) is 0 Å². The molecule has 0 aliphatic carbocycles. The van der Waals surface area contributed by atoms with Gasteiger partial charge in [-0.15, -0.1) is 0 Å². The number of methoxy groups -OCH3 is 1. The first kappa shape index (κ1) is 18.3. The monoisotopic (exact) mass is 375 g/mol. The van der Waals surface area contributed by atoms with E-state index in [2.05, 4.69) is 0 Å². The minimum Gasteiger partial charge on any atom is -0.497 e. The number of amides is 1. The van der Waals surface area contributed by atoms with Gasteiger partial charge in [-0.1, -0.05) is 12.1 Å². The van der Waals surface area contributed by atoms with E-state index in [0.717, 1.165) is 5.56 Å². The zero-order valence-electron chi connectivity index (χ0n) is 14.7. The van der Waals surface area contributed by atoms with Crippen molar-refractivity contribution < 1.29 is 22.7 Å². The van der Waals surface area contributed by atoms with Crippen molar-refractivity contribution in [3.05, 3.63) is 54.1 Å². The normalized spacial score (nSPS) is 14.6. The van der Waals surface area contributed by atoms with Crippen LogP contribution in [-0.2, 0) is 14.6 Å². The van der Waals surface area contributed by atoms with E-state index in [1.54, 1.807) is 18.2 Å². The summed E-state index contributed by atoms with van der Waals surface area (Å²) in [6.07, 6.45) is 0. The van der Waals surface area contributed by atoms with Gasteiger partial charge >= 0.3 is 0 Å². The number of carbonyl (C=O) groups excluding carboxylic acids is 1. The van der Waals surface area contributed by atoms with Crippen LogP contribution in [0.5, 0.6) is 11.5 Å².